The van der Waals surface area contributed by atoms with Crippen LogP contribution in [0.3, 0.4) is 0 Å². The van der Waals surface area contributed by atoms with Gasteiger partial charge in [0.25, 0.3) is 0 Å². The molecule has 1 aliphatic carbocycles. The normalized spacial score (nSPS) is 12.5. The molecule has 3 aromatic carbocycles. The second-order valence-corrected chi connectivity index (χ2v) is 7.66. The van der Waals surface area contributed by atoms with Gasteiger partial charge < -0.3 is 10.1 Å². The van der Waals surface area contributed by atoms with Gasteiger partial charge in [0.1, 0.15) is 6.61 Å². The quantitative estimate of drug-likeness (QED) is 0.452. The fraction of sp³-hybridized carbons (Fsp3) is 0.111. The molecule has 0 radical (unpaired) electrons. The number of amides is 1. The Labute approximate surface area is 187 Å². The van der Waals surface area contributed by atoms with Crippen molar-refractivity contribution < 1.29 is 9.53 Å². The predicted molar refractivity (Wildman–Crippen MR) is 126 cm³/mol. The van der Waals surface area contributed by atoms with Crippen LogP contribution in [0.5, 0.6) is 0 Å². The minimum absolute atomic E-state index is 0.0625. The van der Waals surface area contributed by atoms with Crippen LogP contribution in [0.1, 0.15) is 22.6 Å². The van der Waals surface area contributed by atoms with Crippen molar-refractivity contribution in [3.63, 3.8) is 0 Å². The van der Waals surface area contributed by atoms with Crippen LogP contribution in [-0.2, 0) is 4.74 Å². The number of aromatic nitrogens is 2. The molecular formula is C27H23N3O2. The topological polar surface area (TPSA) is 56.2 Å². The number of carbonyl (C=O) groups excluding carboxylic acids is 1. The van der Waals surface area contributed by atoms with Gasteiger partial charge in [-0.15, -0.1) is 0 Å². The molecule has 158 valence electrons. The molecule has 0 atom stereocenters. The number of ether oxygens (including phenoxy) is 1. The van der Waals surface area contributed by atoms with Crippen molar-refractivity contribution in [1.29, 1.82) is 0 Å². The summed E-state index contributed by atoms with van der Waals surface area (Å²) < 4.78 is 7.37. The summed E-state index contributed by atoms with van der Waals surface area (Å²) in [5.74, 6) is 0.0625. The molecule has 5 heteroatoms. The van der Waals surface area contributed by atoms with Gasteiger partial charge in [-0.2, -0.15) is 5.10 Å². The maximum atomic E-state index is 12.2. The smallest absolute Gasteiger partial charge is 0.407 e. The van der Waals surface area contributed by atoms with Crippen molar-refractivity contribution in [2.24, 2.45) is 0 Å². The SMILES string of the molecule is O=C(NCC=Cc1cnn(-c2ccccc2)c1)OCC1c2ccccc2-c2ccccc21. The van der Waals surface area contributed by atoms with Gasteiger partial charge in [0.05, 0.1) is 11.9 Å². The van der Waals surface area contributed by atoms with Crippen molar-refractivity contribution in [2.75, 3.05) is 13.2 Å². The summed E-state index contributed by atoms with van der Waals surface area (Å²) in [6, 6.07) is 26.5. The van der Waals surface area contributed by atoms with Crippen molar-refractivity contribution in [3.8, 4) is 16.8 Å². The maximum absolute atomic E-state index is 12.2. The lowest BCUT2D eigenvalue weighted by molar-refractivity contribution is 0.144. The van der Waals surface area contributed by atoms with E-state index < -0.39 is 6.09 Å². The van der Waals surface area contributed by atoms with Crippen LogP contribution in [0.15, 0.2) is 97.3 Å². The minimum Gasteiger partial charge on any atom is -0.449 e. The molecule has 5 nitrogen and oxygen atoms in total. The van der Waals surface area contributed by atoms with Crippen LogP contribution in [0, 0.1) is 0 Å². The molecule has 1 amide bonds. The summed E-state index contributed by atoms with van der Waals surface area (Å²) in [7, 11) is 0. The van der Waals surface area contributed by atoms with Gasteiger partial charge >= 0.3 is 6.09 Å². The zero-order chi connectivity index (χ0) is 21.8. The van der Waals surface area contributed by atoms with Crippen LogP contribution in [0.25, 0.3) is 22.9 Å². The van der Waals surface area contributed by atoms with E-state index in [-0.39, 0.29) is 5.92 Å². The summed E-state index contributed by atoms with van der Waals surface area (Å²) in [6.07, 6.45) is 7.12. The monoisotopic (exact) mass is 421 g/mol. The molecule has 1 aliphatic rings. The standard InChI is InChI=1S/C27H23N3O2/c31-27(28-16-8-9-20-17-29-30(18-20)21-10-2-1-3-11-21)32-19-26-24-14-6-4-12-22(24)23-13-5-7-15-25(23)26/h1-15,17-18,26H,16,19H2,(H,28,31). The number of para-hydroxylation sites is 1. The Kier molecular flexibility index (Phi) is 5.54. The molecule has 0 saturated heterocycles. The zero-order valence-corrected chi connectivity index (χ0v) is 17.5. The molecule has 5 rings (SSSR count). The molecule has 4 aromatic rings. The van der Waals surface area contributed by atoms with E-state index in [1.54, 1.807) is 6.20 Å². The molecule has 1 heterocycles. The van der Waals surface area contributed by atoms with Gasteiger partial charge in [-0.25, -0.2) is 9.48 Å². The Balaban J connectivity index is 1.14. The molecule has 1 N–H and O–H groups in total. The van der Waals surface area contributed by atoms with E-state index in [4.69, 9.17) is 4.74 Å². The van der Waals surface area contributed by atoms with Crippen molar-refractivity contribution in [2.45, 2.75) is 5.92 Å². The third-order valence-electron chi connectivity index (χ3n) is 5.64. The van der Waals surface area contributed by atoms with Gasteiger partial charge in [0, 0.05) is 24.2 Å². The number of alkyl carbamates (subject to hydrolysis) is 1. The highest BCUT2D eigenvalue weighted by Gasteiger charge is 2.28. The zero-order valence-electron chi connectivity index (χ0n) is 17.5. The molecule has 0 spiro atoms. The number of nitrogens with zero attached hydrogens (tertiary/aromatic N) is 2. The van der Waals surface area contributed by atoms with E-state index in [2.05, 4.69) is 34.7 Å². The number of hydrogen-bond acceptors (Lipinski definition) is 3. The summed E-state index contributed by atoms with van der Waals surface area (Å²) in [4.78, 5) is 12.2. The van der Waals surface area contributed by atoms with Crippen LogP contribution in [0.2, 0.25) is 0 Å². The summed E-state index contributed by atoms with van der Waals surface area (Å²) in [6.45, 7) is 0.695. The molecule has 0 saturated carbocycles. The average Bonchev–Trinajstić information content (AvgIpc) is 3.44. The third-order valence-corrected chi connectivity index (χ3v) is 5.64. The largest absolute Gasteiger partial charge is 0.449 e. The fourth-order valence-corrected chi connectivity index (χ4v) is 4.13. The van der Waals surface area contributed by atoms with Gasteiger partial charge in [-0.1, -0.05) is 78.9 Å². The lowest BCUT2D eigenvalue weighted by Gasteiger charge is -2.14. The van der Waals surface area contributed by atoms with Crippen molar-refractivity contribution in [1.82, 2.24) is 15.1 Å². The molecular weight excluding hydrogens is 398 g/mol. The molecule has 0 bridgehead atoms. The highest BCUT2D eigenvalue weighted by molar-refractivity contribution is 5.79. The first-order chi connectivity index (χ1) is 15.8. The lowest BCUT2D eigenvalue weighted by Crippen LogP contribution is -2.26. The first kappa shape index (κ1) is 19.8. The Morgan fingerprint density at radius 1 is 0.938 bits per heavy atom. The van der Waals surface area contributed by atoms with E-state index in [0.717, 1.165) is 11.3 Å². The summed E-state index contributed by atoms with van der Waals surface area (Å²) >= 11 is 0. The lowest BCUT2D eigenvalue weighted by atomic mass is 9.98. The Hall–Kier alpha value is -4.12. The Morgan fingerprint density at radius 3 is 2.31 bits per heavy atom. The molecule has 1 aromatic heterocycles. The molecule has 0 aliphatic heterocycles. The molecule has 0 fully saturated rings. The number of carbonyl (C=O) groups is 1. The molecule has 0 unspecified atom stereocenters. The van der Waals surface area contributed by atoms with E-state index in [9.17, 15) is 4.79 Å². The summed E-state index contributed by atoms with van der Waals surface area (Å²) in [5, 5.41) is 7.15. The highest BCUT2D eigenvalue weighted by Crippen LogP contribution is 2.44. The fourth-order valence-electron chi connectivity index (χ4n) is 4.13. The van der Waals surface area contributed by atoms with Gasteiger partial charge in [-0.3, -0.25) is 0 Å². The second kappa shape index (κ2) is 8.94. The summed E-state index contributed by atoms with van der Waals surface area (Å²) in [5.41, 5.74) is 6.81. The minimum atomic E-state index is -0.420. The van der Waals surface area contributed by atoms with Crippen LogP contribution in [0.4, 0.5) is 4.79 Å². The first-order valence-corrected chi connectivity index (χ1v) is 10.6. The third kappa shape index (κ3) is 4.05. The van der Waals surface area contributed by atoms with E-state index in [1.807, 2.05) is 77.6 Å². The van der Waals surface area contributed by atoms with E-state index >= 15 is 0 Å². The van der Waals surface area contributed by atoms with Gasteiger partial charge in [-0.05, 0) is 34.4 Å². The second-order valence-electron chi connectivity index (χ2n) is 7.66. The number of fused-ring (bicyclic) bond motifs is 3. The number of benzene rings is 3. The first-order valence-electron chi connectivity index (χ1n) is 10.6. The highest BCUT2D eigenvalue weighted by atomic mass is 16.5. The van der Waals surface area contributed by atoms with Crippen LogP contribution in [-0.4, -0.2) is 29.0 Å². The average molecular weight is 422 g/mol. The number of nitrogens with one attached hydrogen (secondary N) is 1. The van der Waals surface area contributed by atoms with E-state index in [1.165, 1.54) is 22.3 Å². The Morgan fingerprint density at radius 2 is 1.59 bits per heavy atom. The maximum Gasteiger partial charge on any atom is 0.407 e. The van der Waals surface area contributed by atoms with Crippen molar-refractivity contribution >= 4 is 12.2 Å². The van der Waals surface area contributed by atoms with Gasteiger partial charge in [0.2, 0.25) is 0 Å². The predicted octanol–water partition coefficient (Wildman–Crippen LogP) is 5.42. The van der Waals surface area contributed by atoms with E-state index in [0.29, 0.717) is 13.2 Å². The van der Waals surface area contributed by atoms with Crippen molar-refractivity contribution in [3.05, 3.63) is 114 Å². The van der Waals surface area contributed by atoms with Crippen LogP contribution >= 0.6 is 0 Å². The Bertz CT molecular complexity index is 1220. The number of rotatable bonds is 6. The van der Waals surface area contributed by atoms with Gasteiger partial charge in [0.15, 0.2) is 0 Å². The number of hydrogen-bond donors (Lipinski definition) is 1. The molecule has 32 heavy (non-hydrogen) atoms. The van der Waals surface area contributed by atoms with Crippen LogP contribution < -0.4 is 5.32 Å².